The highest BCUT2D eigenvalue weighted by Crippen LogP contribution is 2.35. The summed E-state index contributed by atoms with van der Waals surface area (Å²) in [5.74, 6) is 0. The number of benzene rings is 1. The Morgan fingerprint density at radius 1 is 1.44 bits per heavy atom. The molecule has 0 atom stereocenters. The zero-order valence-electron chi connectivity index (χ0n) is 8.85. The normalized spacial score (nSPS) is 16.7. The van der Waals surface area contributed by atoms with E-state index in [2.05, 4.69) is 0 Å². The van der Waals surface area contributed by atoms with Crippen LogP contribution < -0.4 is 5.73 Å². The summed E-state index contributed by atoms with van der Waals surface area (Å²) in [6.45, 7) is 0. The predicted molar refractivity (Wildman–Crippen MR) is 63.8 cm³/mol. The van der Waals surface area contributed by atoms with Crippen LogP contribution in [-0.4, -0.2) is 25.8 Å². The number of halogens is 1. The predicted octanol–water partition coefficient (Wildman–Crippen LogP) is 1.71. The highest BCUT2D eigenvalue weighted by Gasteiger charge is 2.36. The first-order valence-corrected chi connectivity index (χ1v) is 6.78. The van der Waals surface area contributed by atoms with E-state index < -0.39 is 10.0 Å². The van der Waals surface area contributed by atoms with Crippen LogP contribution in [0.5, 0.6) is 0 Å². The molecule has 0 aliphatic heterocycles. The first-order valence-electron chi connectivity index (χ1n) is 4.96. The molecule has 88 valence electrons. The van der Waals surface area contributed by atoms with Gasteiger partial charge in [-0.1, -0.05) is 17.7 Å². The number of hydrogen-bond acceptors (Lipinski definition) is 3. The van der Waals surface area contributed by atoms with Crippen LogP contribution in [0.3, 0.4) is 0 Å². The largest absolute Gasteiger partial charge is 0.398 e. The fourth-order valence-electron chi connectivity index (χ4n) is 1.58. The Labute approximate surface area is 100 Å². The Morgan fingerprint density at radius 2 is 2.06 bits per heavy atom. The Kier molecular flexibility index (Phi) is 2.86. The van der Waals surface area contributed by atoms with E-state index in [-0.39, 0.29) is 21.6 Å². The van der Waals surface area contributed by atoms with Crippen molar-refractivity contribution in [2.75, 3.05) is 12.8 Å². The van der Waals surface area contributed by atoms with Crippen molar-refractivity contribution >= 4 is 27.3 Å². The molecule has 0 heterocycles. The summed E-state index contributed by atoms with van der Waals surface area (Å²) in [6.07, 6.45) is 1.81. The van der Waals surface area contributed by atoms with Crippen molar-refractivity contribution in [3.05, 3.63) is 23.2 Å². The first kappa shape index (κ1) is 11.7. The van der Waals surface area contributed by atoms with Crippen LogP contribution in [0.25, 0.3) is 0 Å². The van der Waals surface area contributed by atoms with Gasteiger partial charge in [0.15, 0.2) is 0 Å². The van der Waals surface area contributed by atoms with E-state index in [1.54, 1.807) is 19.2 Å². The van der Waals surface area contributed by atoms with E-state index in [0.717, 1.165) is 12.8 Å². The third kappa shape index (κ3) is 1.90. The summed E-state index contributed by atoms with van der Waals surface area (Å²) < 4.78 is 25.8. The highest BCUT2D eigenvalue weighted by atomic mass is 35.5. The maximum absolute atomic E-state index is 12.2. The van der Waals surface area contributed by atoms with E-state index in [9.17, 15) is 8.42 Å². The van der Waals surface area contributed by atoms with E-state index >= 15 is 0 Å². The zero-order chi connectivity index (χ0) is 11.9. The van der Waals surface area contributed by atoms with E-state index in [4.69, 9.17) is 17.3 Å². The molecule has 0 aromatic heterocycles. The van der Waals surface area contributed by atoms with Gasteiger partial charge in [-0.2, -0.15) is 4.31 Å². The fourth-order valence-corrected chi connectivity index (χ4v) is 3.62. The Bertz CT molecular complexity index is 491. The Hall–Kier alpha value is -0.780. The molecule has 1 aromatic rings. The average Bonchev–Trinajstić information content (AvgIpc) is 2.99. The van der Waals surface area contributed by atoms with Crippen LogP contribution in [0.15, 0.2) is 23.1 Å². The van der Waals surface area contributed by atoms with Gasteiger partial charge < -0.3 is 5.73 Å². The SMILES string of the molecule is CN(C1CC1)S(=O)(=O)c1c(N)cccc1Cl. The minimum atomic E-state index is -3.56. The summed E-state index contributed by atoms with van der Waals surface area (Å²) in [5.41, 5.74) is 5.87. The van der Waals surface area contributed by atoms with Gasteiger partial charge in [-0.15, -0.1) is 0 Å². The highest BCUT2D eigenvalue weighted by molar-refractivity contribution is 7.89. The molecule has 0 amide bonds. The maximum Gasteiger partial charge on any atom is 0.246 e. The molecule has 2 rings (SSSR count). The smallest absolute Gasteiger partial charge is 0.246 e. The molecule has 2 N–H and O–H groups in total. The van der Waals surface area contributed by atoms with Crippen LogP contribution in [0, 0.1) is 0 Å². The fraction of sp³-hybridized carbons (Fsp3) is 0.400. The van der Waals surface area contributed by atoms with Crippen molar-refractivity contribution in [2.45, 2.75) is 23.8 Å². The van der Waals surface area contributed by atoms with Gasteiger partial charge in [0.2, 0.25) is 10.0 Å². The van der Waals surface area contributed by atoms with Gasteiger partial charge >= 0.3 is 0 Å². The molecule has 1 fully saturated rings. The molecular weight excluding hydrogens is 248 g/mol. The Morgan fingerprint density at radius 3 is 2.56 bits per heavy atom. The number of rotatable bonds is 3. The van der Waals surface area contributed by atoms with Gasteiger partial charge in [-0.3, -0.25) is 0 Å². The molecule has 1 aliphatic rings. The lowest BCUT2D eigenvalue weighted by Crippen LogP contribution is -2.29. The molecular formula is C10H13ClN2O2S. The van der Waals surface area contributed by atoms with E-state index in [1.807, 2.05) is 0 Å². The van der Waals surface area contributed by atoms with Gasteiger partial charge in [0.25, 0.3) is 0 Å². The number of nitrogens with two attached hydrogens (primary N) is 1. The summed E-state index contributed by atoms with van der Waals surface area (Å²) in [7, 11) is -2.00. The molecule has 4 nitrogen and oxygen atoms in total. The molecule has 0 saturated heterocycles. The lowest BCUT2D eigenvalue weighted by molar-refractivity contribution is 0.464. The van der Waals surface area contributed by atoms with Crippen molar-refractivity contribution in [1.82, 2.24) is 4.31 Å². The van der Waals surface area contributed by atoms with Crippen LogP contribution in [0.2, 0.25) is 5.02 Å². The third-order valence-corrected chi connectivity index (χ3v) is 5.15. The van der Waals surface area contributed by atoms with Crippen LogP contribution >= 0.6 is 11.6 Å². The van der Waals surface area contributed by atoms with E-state index in [1.165, 1.54) is 10.4 Å². The van der Waals surface area contributed by atoms with Crippen molar-refractivity contribution in [2.24, 2.45) is 0 Å². The number of anilines is 1. The maximum atomic E-state index is 12.2. The minimum absolute atomic E-state index is 0.0195. The quantitative estimate of drug-likeness (QED) is 0.842. The second-order valence-electron chi connectivity index (χ2n) is 3.91. The van der Waals surface area contributed by atoms with Crippen LogP contribution in [0.1, 0.15) is 12.8 Å². The molecule has 6 heteroatoms. The van der Waals surface area contributed by atoms with Crippen LogP contribution in [0.4, 0.5) is 5.69 Å². The first-order chi connectivity index (χ1) is 7.44. The number of hydrogen-bond donors (Lipinski definition) is 1. The molecule has 16 heavy (non-hydrogen) atoms. The Balaban J connectivity index is 2.50. The van der Waals surface area contributed by atoms with Gasteiger partial charge in [0, 0.05) is 13.1 Å². The van der Waals surface area contributed by atoms with Crippen molar-refractivity contribution in [1.29, 1.82) is 0 Å². The molecule has 1 aromatic carbocycles. The third-order valence-electron chi connectivity index (χ3n) is 2.70. The lowest BCUT2D eigenvalue weighted by Gasteiger charge is -2.18. The molecule has 0 radical (unpaired) electrons. The molecule has 1 saturated carbocycles. The van der Waals surface area contributed by atoms with Crippen LogP contribution in [-0.2, 0) is 10.0 Å². The second-order valence-corrected chi connectivity index (χ2v) is 6.25. The molecule has 0 bridgehead atoms. The number of nitrogen functional groups attached to an aromatic ring is 1. The molecule has 0 spiro atoms. The lowest BCUT2D eigenvalue weighted by atomic mass is 10.3. The summed E-state index contributed by atoms with van der Waals surface area (Å²) in [6, 6.07) is 4.81. The van der Waals surface area contributed by atoms with Crippen molar-refractivity contribution < 1.29 is 8.42 Å². The van der Waals surface area contributed by atoms with Gasteiger partial charge in [-0.05, 0) is 25.0 Å². The molecule has 0 unspecified atom stereocenters. The number of sulfonamides is 1. The average molecular weight is 261 g/mol. The summed E-state index contributed by atoms with van der Waals surface area (Å²) in [5, 5.41) is 0.174. The second kappa shape index (κ2) is 3.91. The van der Waals surface area contributed by atoms with Crippen molar-refractivity contribution in [3.8, 4) is 0 Å². The van der Waals surface area contributed by atoms with Gasteiger partial charge in [0.1, 0.15) is 4.90 Å². The summed E-state index contributed by atoms with van der Waals surface area (Å²) >= 11 is 5.90. The monoisotopic (exact) mass is 260 g/mol. The standard InChI is InChI=1S/C10H13ClN2O2S/c1-13(7-5-6-7)16(14,15)10-8(11)3-2-4-9(10)12/h2-4,7H,5-6,12H2,1H3. The topological polar surface area (TPSA) is 63.4 Å². The molecule has 1 aliphatic carbocycles. The zero-order valence-corrected chi connectivity index (χ0v) is 10.4. The van der Waals surface area contributed by atoms with Gasteiger partial charge in [0.05, 0.1) is 10.7 Å². The van der Waals surface area contributed by atoms with E-state index in [0.29, 0.717) is 0 Å². The minimum Gasteiger partial charge on any atom is -0.398 e. The van der Waals surface area contributed by atoms with Gasteiger partial charge in [-0.25, -0.2) is 8.42 Å². The number of nitrogens with zero attached hydrogens (tertiary/aromatic N) is 1. The van der Waals surface area contributed by atoms with Crippen molar-refractivity contribution in [3.63, 3.8) is 0 Å². The summed E-state index contributed by atoms with van der Waals surface area (Å²) in [4.78, 5) is 0.0195.